The summed E-state index contributed by atoms with van der Waals surface area (Å²) < 4.78 is 29.3. The molecule has 1 fully saturated rings. The fourth-order valence-corrected chi connectivity index (χ4v) is 4.94. The van der Waals surface area contributed by atoms with Crippen molar-refractivity contribution >= 4 is 21.5 Å². The van der Waals surface area contributed by atoms with Gasteiger partial charge in [-0.2, -0.15) is 0 Å². The summed E-state index contributed by atoms with van der Waals surface area (Å²) in [4.78, 5) is 0. The van der Waals surface area contributed by atoms with E-state index in [1.165, 1.54) is 38.2 Å². The molecule has 37 heavy (non-hydrogen) atoms. The van der Waals surface area contributed by atoms with Gasteiger partial charge >= 0.3 is 0 Å². The molecule has 194 valence electrons. The van der Waals surface area contributed by atoms with Crippen LogP contribution in [0.1, 0.15) is 24.5 Å². The lowest BCUT2D eigenvalue weighted by Crippen LogP contribution is -2.14. The summed E-state index contributed by atoms with van der Waals surface area (Å²) in [5, 5.41) is 4.93. The van der Waals surface area contributed by atoms with E-state index in [-0.39, 0.29) is 6.10 Å². The lowest BCUT2D eigenvalue weighted by atomic mass is 9.88. The molecule has 0 N–H and O–H groups in total. The fourth-order valence-electron chi connectivity index (χ4n) is 4.94. The van der Waals surface area contributed by atoms with E-state index in [1.807, 2.05) is 0 Å². The molecule has 4 aromatic rings. The predicted octanol–water partition coefficient (Wildman–Crippen LogP) is 6.58. The van der Waals surface area contributed by atoms with Crippen LogP contribution in [0, 0.1) is 0 Å². The highest BCUT2D eigenvalue weighted by Crippen LogP contribution is 2.39. The first-order valence-corrected chi connectivity index (χ1v) is 13.3. The largest absolute Gasteiger partial charge is 0.379 e. The van der Waals surface area contributed by atoms with Crippen LogP contribution in [0.15, 0.2) is 78.9 Å². The summed E-state index contributed by atoms with van der Waals surface area (Å²) in [6.07, 6.45) is 1.68. The third-order valence-electron chi connectivity index (χ3n) is 6.77. The van der Waals surface area contributed by atoms with Gasteiger partial charge in [0.25, 0.3) is 0 Å². The van der Waals surface area contributed by atoms with Gasteiger partial charge in [-0.15, -0.1) is 0 Å². The highest BCUT2D eigenvalue weighted by molar-refractivity contribution is 5.94. The van der Waals surface area contributed by atoms with Gasteiger partial charge in [0, 0.05) is 6.61 Å². The molecule has 1 aliphatic rings. The molecule has 5 nitrogen and oxygen atoms in total. The predicted molar refractivity (Wildman–Crippen MR) is 148 cm³/mol. The maximum atomic E-state index is 6.57. The Morgan fingerprint density at radius 1 is 0.514 bits per heavy atom. The number of hydrogen-bond acceptors (Lipinski definition) is 5. The molecule has 0 unspecified atom stereocenters. The van der Waals surface area contributed by atoms with Gasteiger partial charge in [0.15, 0.2) is 0 Å². The zero-order valence-electron chi connectivity index (χ0n) is 21.4. The average molecular weight is 501 g/mol. The van der Waals surface area contributed by atoms with Crippen molar-refractivity contribution < 1.29 is 23.7 Å². The molecule has 1 saturated heterocycles. The third kappa shape index (κ3) is 6.95. The van der Waals surface area contributed by atoms with Crippen molar-refractivity contribution in [1.82, 2.24) is 0 Å². The van der Waals surface area contributed by atoms with Crippen molar-refractivity contribution in [1.29, 1.82) is 0 Å². The average Bonchev–Trinajstić information content (AvgIpc) is 2.95. The van der Waals surface area contributed by atoms with Crippen LogP contribution in [0.2, 0.25) is 0 Å². The summed E-state index contributed by atoms with van der Waals surface area (Å²) in [6, 6.07) is 28.3. The number of benzene rings is 4. The molecule has 5 rings (SSSR count). The summed E-state index contributed by atoms with van der Waals surface area (Å²) in [5.74, 6) is 0. The molecule has 1 heterocycles. The molecule has 0 bridgehead atoms. The normalized spacial score (nSPS) is 19.5. The van der Waals surface area contributed by atoms with Gasteiger partial charge in [0.05, 0.1) is 59.0 Å². The van der Waals surface area contributed by atoms with E-state index in [0.717, 1.165) is 12.8 Å². The second-order valence-electron chi connectivity index (χ2n) is 9.26. The van der Waals surface area contributed by atoms with E-state index in [2.05, 4.69) is 78.9 Å². The van der Waals surface area contributed by atoms with Crippen molar-refractivity contribution in [2.45, 2.75) is 18.9 Å². The van der Waals surface area contributed by atoms with Gasteiger partial charge in [0.1, 0.15) is 0 Å². The summed E-state index contributed by atoms with van der Waals surface area (Å²) >= 11 is 0. The molecule has 0 spiro atoms. The molecular formula is C32H36O5. The molecule has 0 amide bonds. The van der Waals surface area contributed by atoms with Crippen LogP contribution in [-0.4, -0.2) is 59.5 Å². The minimum atomic E-state index is -0.0806. The first-order valence-electron chi connectivity index (χ1n) is 13.3. The Labute approximate surface area is 219 Å². The van der Waals surface area contributed by atoms with Crippen LogP contribution < -0.4 is 0 Å². The highest BCUT2D eigenvalue weighted by atomic mass is 16.6. The van der Waals surface area contributed by atoms with Crippen LogP contribution >= 0.6 is 0 Å². The van der Waals surface area contributed by atoms with Crippen molar-refractivity contribution in [3.63, 3.8) is 0 Å². The third-order valence-corrected chi connectivity index (χ3v) is 6.77. The Morgan fingerprint density at radius 3 is 1.86 bits per heavy atom. The van der Waals surface area contributed by atoms with E-state index in [9.17, 15) is 0 Å². The van der Waals surface area contributed by atoms with Crippen LogP contribution in [0.5, 0.6) is 0 Å². The maximum absolute atomic E-state index is 6.57. The lowest BCUT2D eigenvalue weighted by molar-refractivity contribution is -0.0203. The minimum Gasteiger partial charge on any atom is -0.379 e. The van der Waals surface area contributed by atoms with Crippen molar-refractivity contribution in [3.8, 4) is 11.1 Å². The van der Waals surface area contributed by atoms with Gasteiger partial charge < -0.3 is 23.7 Å². The lowest BCUT2D eigenvalue weighted by Gasteiger charge is -2.24. The highest BCUT2D eigenvalue weighted by Gasteiger charge is 2.20. The number of fused-ring (bicyclic) bond motifs is 2. The molecular weight excluding hydrogens is 464 g/mol. The molecule has 4 aromatic carbocycles. The van der Waals surface area contributed by atoms with Gasteiger partial charge in [-0.25, -0.2) is 0 Å². The van der Waals surface area contributed by atoms with Crippen LogP contribution in [-0.2, 0) is 23.7 Å². The Balaban J connectivity index is 1.47. The Kier molecular flexibility index (Phi) is 9.54. The second kappa shape index (κ2) is 13.7. The zero-order valence-corrected chi connectivity index (χ0v) is 21.4. The van der Waals surface area contributed by atoms with Gasteiger partial charge in [-0.1, -0.05) is 72.8 Å². The second-order valence-corrected chi connectivity index (χ2v) is 9.26. The van der Waals surface area contributed by atoms with Crippen LogP contribution in [0.3, 0.4) is 0 Å². The Morgan fingerprint density at radius 2 is 1.11 bits per heavy atom. The number of hydrogen-bond donors (Lipinski definition) is 0. The molecule has 0 saturated carbocycles. The molecule has 1 atom stereocenters. The standard InChI is InChI=1S/C32H36O5/c1-2-8-27-24-28(12-11-25(27)6-1)30-14-13-26-7-3-4-9-29(26)32(30)31-10-5-15-33-16-17-34-18-19-35-20-21-36-22-23-37-31/h1-4,6-9,11-14,24,31H,5,10,15-23H2/t31-/m0/s1. The Hall–Kier alpha value is -2.80. The SMILES string of the molecule is c1ccc2cc(-c3ccc4ccccc4c3[C@@H]3CCCOCCOCCOCCOCCO3)ccc2c1. The quantitative estimate of drug-likeness (QED) is 0.311. The first kappa shape index (κ1) is 25.8. The van der Waals surface area contributed by atoms with E-state index in [0.29, 0.717) is 59.5 Å². The van der Waals surface area contributed by atoms with E-state index in [4.69, 9.17) is 23.7 Å². The zero-order chi connectivity index (χ0) is 25.1. The van der Waals surface area contributed by atoms with Gasteiger partial charge in [0.2, 0.25) is 0 Å². The summed E-state index contributed by atoms with van der Waals surface area (Å²) in [5.41, 5.74) is 3.65. The monoisotopic (exact) mass is 500 g/mol. The molecule has 0 aromatic heterocycles. The summed E-state index contributed by atoms with van der Waals surface area (Å²) in [7, 11) is 0. The Bertz CT molecular complexity index is 1250. The molecule has 5 heteroatoms. The van der Waals surface area contributed by atoms with Crippen molar-refractivity contribution in [2.24, 2.45) is 0 Å². The van der Waals surface area contributed by atoms with E-state index in [1.54, 1.807) is 0 Å². The van der Waals surface area contributed by atoms with Crippen molar-refractivity contribution in [3.05, 3.63) is 84.4 Å². The maximum Gasteiger partial charge on any atom is 0.0838 e. The van der Waals surface area contributed by atoms with Crippen molar-refractivity contribution in [2.75, 3.05) is 59.5 Å². The smallest absolute Gasteiger partial charge is 0.0838 e. The summed E-state index contributed by atoms with van der Waals surface area (Å²) in [6.45, 7) is 5.14. The molecule has 0 aliphatic carbocycles. The minimum absolute atomic E-state index is 0.0806. The molecule has 0 radical (unpaired) electrons. The van der Waals surface area contributed by atoms with Gasteiger partial charge in [-0.3, -0.25) is 0 Å². The van der Waals surface area contributed by atoms with Crippen LogP contribution in [0.4, 0.5) is 0 Å². The number of rotatable bonds is 2. The number of ether oxygens (including phenoxy) is 5. The fraction of sp³-hybridized carbons (Fsp3) is 0.375. The van der Waals surface area contributed by atoms with E-state index >= 15 is 0 Å². The molecule has 1 aliphatic heterocycles. The first-order chi connectivity index (χ1) is 18.4. The van der Waals surface area contributed by atoms with Gasteiger partial charge in [-0.05, 0) is 57.1 Å². The van der Waals surface area contributed by atoms with E-state index < -0.39 is 0 Å². The topological polar surface area (TPSA) is 46.2 Å². The van der Waals surface area contributed by atoms with Crippen LogP contribution in [0.25, 0.3) is 32.7 Å².